The standard InChI is InChI=1S/C19H23BrClN5O2/c1-2-26-10-6-5-7-12(11-26)22-19(28)16-15(20)17(25-24-16)23-18(27)13-8-3-4-9-14(13)21/h3-4,8-9,12H,2,5-7,10-11H2,1H3,(H,22,28)(H2,23,24,25,27)/t12-/m1/s1. The second-order valence-corrected chi connectivity index (χ2v) is 7.95. The third-order valence-corrected chi connectivity index (χ3v) is 5.92. The predicted octanol–water partition coefficient (Wildman–Crippen LogP) is 3.68. The molecule has 0 aliphatic carbocycles. The van der Waals surface area contributed by atoms with E-state index < -0.39 is 5.91 Å². The van der Waals surface area contributed by atoms with Crippen LogP contribution in [0.3, 0.4) is 0 Å². The molecule has 0 saturated carbocycles. The van der Waals surface area contributed by atoms with Gasteiger partial charge in [0.2, 0.25) is 0 Å². The fourth-order valence-corrected chi connectivity index (χ4v) is 3.94. The van der Waals surface area contributed by atoms with Crippen molar-refractivity contribution in [1.29, 1.82) is 0 Å². The van der Waals surface area contributed by atoms with Crippen LogP contribution in [0.2, 0.25) is 5.02 Å². The van der Waals surface area contributed by atoms with E-state index in [1.165, 1.54) is 0 Å². The summed E-state index contributed by atoms with van der Waals surface area (Å²) in [7, 11) is 0. The molecule has 150 valence electrons. The van der Waals surface area contributed by atoms with Crippen LogP contribution in [-0.2, 0) is 0 Å². The molecule has 1 saturated heterocycles. The van der Waals surface area contributed by atoms with Crippen molar-refractivity contribution >= 4 is 45.2 Å². The van der Waals surface area contributed by atoms with Gasteiger partial charge in [0.25, 0.3) is 11.8 Å². The van der Waals surface area contributed by atoms with Crippen molar-refractivity contribution in [3.63, 3.8) is 0 Å². The van der Waals surface area contributed by atoms with Crippen molar-refractivity contribution in [2.75, 3.05) is 25.0 Å². The molecule has 1 aromatic carbocycles. The summed E-state index contributed by atoms with van der Waals surface area (Å²) >= 11 is 9.42. The Hall–Kier alpha value is -1.90. The minimum Gasteiger partial charge on any atom is -0.347 e. The highest BCUT2D eigenvalue weighted by atomic mass is 79.9. The molecule has 2 heterocycles. The van der Waals surface area contributed by atoms with Crippen molar-refractivity contribution in [1.82, 2.24) is 20.4 Å². The van der Waals surface area contributed by atoms with E-state index in [1.54, 1.807) is 24.3 Å². The van der Waals surface area contributed by atoms with Gasteiger partial charge in [-0.05, 0) is 54.0 Å². The molecule has 9 heteroatoms. The Labute approximate surface area is 177 Å². The molecule has 1 aliphatic heterocycles. The molecule has 1 atom stereocenters. The van der Waals surface area contributed by atoms with Crippen LogP contribution in [0.25, 0.3) is 0 Å². The van der Waals surface area contributed by atoms with Gasteiger partial charge in [0.05, 0.1) is 15.1 Å². The van der Waals surface area contributed by atoms with Gasteiger partial charge in [0, 0.05) is 12.6 Å². The maximum Gasteiger partial charge on any atom is 0.270 e. The molecule has 0 spiro atoms. The van der Waals surface area contributed by atoms with Crippen LogP contribution in [0, 0.1) is 0 Å². The number of nitrogens with one attached hydrogen (secondary N) is 3. The molecule has 0 unspecified atom stereocenters. The fraction of sp³-hybridized carbons (Fsp3) is 0.421. The number of carbonyl (C=O) groups excluding carboxylic acids is 2. The monoisotopic (exact) mass is 467 g/mol. The van der Waals surface area contributed by atoms with Crippen molar-refractivity contribution < 1.29 is 9.59 Å². The SMILES string of the molecule is CCN1CCCC[C@@H](NC(=O)c2[nH]nc(NC(=O)c3ccccc3Cl)c2Br)C1. The Morgan fingerprint density at radius 1 is 1.32 bits per heavy atom. The number of hydrogen-bond donors (Lipinski definition) is 3. The first-order valence-corrected chi connectivity index (χ1v) is 10.5. The molecule has 2 aromatic rings. The smallest absolute Gasteiger partial charge is 0.270 e. The van der Waals surface area contributed by atoms with Gasteiger partial charge in [-0.3, -0.25) is 14.7 Å². The number of likely N-dealkylation sites (tertiary alicyclic amines) is 1. The Bertz CT molecular complexity index is 857. The van der Waals surface area contributed by atoms with Crippen LogP contribution in [0.4, 0.5) is 5.82 Å². The molecule has 7 nitrogen and oxygen atoms in total. The van der Waals surface area contributed by atoms with Gasteiger partial charge in [-0.2, -0.15) is 5.10 Å². The summed E-state index contributed by atoms with van der Waals surface area (Å²) in [6.07, 6.45) is 3.18. The maximum absolute atomic E-state index is 12.7. The second kappa shape index (κ2) is 9.54. The predicted molar refractivity (Wildman–Crippen MR) is 113 cm³/mol. The highest BCUT2D eigenvalue weighted by Crippen LogP contribution is 2.25. The maximum atomic E-state index is 12.7. The zero-order chi connectivity index (χ0) is 20.1. The van der Waals surface area contributed by atoms with E-state index in [4.69, 9.17) is 11.6 Å². The number of rotatable bonds is 5. The Morgan fingerprint density at radius 3 is 2.86 bits per heavy atom. The molecule has 2 amide bonds. The van der Waals surface area contributed by atoms with Crippen molar-refractivity contribution in [3.8, 4) is 0 Å². The van der Waals surface area contributed by atoms with Gasteiger partial charge in [0.1, 0.15) is 5.69 Å². The average molecular weight is 469 g/mol. The lowest BCUT2D eigenvalue weighted by Crippen LogP contribution is -2.42. The Balaban J connectivity index is 1.67. The van der Waals surface area contributed by atoms with E-state index in [0.717, 1.165) is 38.9 Å². The van der Waals surface area contributed by atoms with Gasteiger partial charge in [0.15, 0.2) is 5.82 Å². The fourth-order valence-electron chi connectivity index (χ4n) is 3.26. The van der Waals surface area contributed by atoms with E-state index in [1.807, 2.05) is 0 Å². The number of aromatic amines is 1. The molecular weight excluding hydrogens is 446 g/mol. The molecule has 3 N–H and O–H groups in total. The minimum atomic E-state index is -0.396. The van der Waals surface area contributed by atoms with E-state index >= 15 is 0 Å². The van der Waals surface area contributed by atoms with Gasteiger partial charge < -0.3 is 15.5 Å². The number of amides is 2. The summed E-state index contributed by atoms with van der Waals surface area (Å²) < 4.78 is 0.409. The second-order valence-electron chi connectivity index (χ2n) is 6.75. The average Bonchev–Trinajstić information content (AvgIpc) is 2.89. The van der Waals surface area contributed by atoms with E-state index in [0.29, 0.717) is 15.1 Å². The van der Waals surface area contributed by atoms with Gasteiger partial charge in [-0.1, -0.05) is 37.1 Å². The number of nitrogens with zero attached hydrogens (tertiary/aromatic N) is 2. The summed E-state index contributed by atoms with van der Waals surface area (Å²) in [4.78, 5) is 27.5. The number of aromatic nitrogens is 2. The van der Waals surface area contributed by atoms with E-state index in [9.17, 15) is 9.59 Å². The topological polar surface area (TPSA) is 90.1 Å². The molecule has 0 bridgehead atoms. The lowest BCUT2D eigenvalue weighted by atomic mass is 10.1. The van der Waals surface area contributed by atoms with Crippen LogP contribution in [0.5, 0.6) is 0 Å². The summed E-state index contributed by atoms with van der Waals surface area (Å²) in [5, 5.41) is 12.9. The third-order valence-electron chi connectivity index (χ3n) is 4.82. The lowest BCUT2D eigenvalue weighted by Gasteiger charge is -2.23. The molecule has 0 radical (unpaired) electrons. The van der Waals surface area contributed by atoms with Crippen molar-refractivity contribution in [2.24, 2.45) is 0 Å². The van der Waals surface area contributed by atoms with Gasteiger partial charge >= 0.3 is 0 Å². The number of benzene rings is 1. The first kappa shape index (κ1) is 20.8. The molecule has 1 fully saturated rings. The molecular formula is C19H23BrClN5O2. The van der Waals surface area contributed by atoms with Crippen LogP contribution in [-0.4, -0.2) is 52.6 Å². The van der Waals surface area contributed by atoms with Gasteiger partial charge in [-0.25, -0.2) is 0 Å². The zero-order valence-electron chi connectivity index (χ0n) is 15.6. The first-order valence-electron chi connectivity index (χ1n) is 9.32. The number of H-pyrrole nitrogens is 1. The number of carbonyl (C=O) groups is 2. The summed E-state index contributed by atoms with van der Waals surface area (Å²) in [5.74, 6) is -0.404. The third kappa shape index (κ3) is 4.92. The Morgan fingerprint density at radius 2 is 2.11 bits per heavy atom. The van der Waals surface area contributed by atoms with Crippen molar-refractivity contribution in [2.45, 2.75) is 32.2 Å². The molecule has 28 heavy (non-hydrogen) atoms. The summed E-state index contributed by atoms with van der Waals surface area (Å²) in [6.45, 7) is 5.00. The number of hydrogen-bond acceptors (Lipinski definition) is 4. The zero-order valence-corrected chi connectivity index (χ0v) is 17.9. The number of anilines is 1. The van der Waals surface area contributed by atoms with E-state index in [2.05, 4.69) is 48.6 Å². The van der Waals surface area contributed by atoms with E-state index in [-0.39, 0.29) is 23.5 Å². The minimum absolute atomic E-state index is 0.0892. The number of halogens is 2. The highest BCUT2D eigenvalue weighted by molar-refractivity contribution is 9.10. The molecule has 1 aliphatic rings. The Kier molecular flexibility index (Phi) is 7.09. The normalized spacial score (nSPS) is 17.8. The summed E-state index contributed by atoms with van der Waals surface area (Å²) in [6, 6.07) is 6.83. The summed E-state index contributed by atoms with van der Waals surface area (Å²) in [5.41, 5.74) is 0.616. The van der Waals surface area contributed by atoms with Crippen LogP contribution in [0.15, 0.2) is 28.7 Å². The highest BCUT2D eigenvalue weighted by Gasteiger charge is 2.24. The lowest BCUT2D eigenvalue weighted by molar-refractivity contribution is 0.0920. The first-order chi connectivity index (χ1) is 13.5. The quantitative estimate of drug-likeness (QED) is 0.624. The van der Waals surface area contributed by atoms with Crippen LogP contribution in [0.1, 0.15) is 47.0 Å². The largest absolute Gasteiger partial charge is 0.347 e. The van der Waals surface area contributed by atoms with Crippen LogP contribution >= 0.6 is 27.5 Å². The molecule has 3 rings (SSSR count). The van der Waals surface area contributed by atoms with Crippen molar-refractivity contribution in [3.05, 3.63) is 45.0 Å². The van der Waals surface area contributed by atoms with Gasteiger partial charge in [-0.15, -0.1) is 0 Å². The molecule has 1 aromatic heterocycles. The van der Waals surface area contributed by atoms with Crippen LogP contribution < -0.4 is 10.6 Å². The number of likely N-dealkylation sites (N-methyl/N-ethyl adjacent to an activating group) is 1.